The Morgan fingerprint density at radius 2 is 1.84 bits per heavy atom. The lowest BCUT2D eigenvalue weighted by molar-refractivity contribution is 0.466. The summed E-state index contributed by atoms with van der Waals surface area (Å²) in [5, 5.41) is 11.7. The van der Waals surface area contributed by atoms with Gasteiger partial charge in [0, 0.05) is 21.8 Å². The van der Waals surface area contributed by atoms with Crippen molar-refractivity contribution in [1.82, 2.24) is 0 Å². The summed E-state index contributed by atoms with van der Waals surface area (Å²) < 4.78 is 0. The molecule has 0 saturated heterocycles. The largest absolute Gasteiger partial charge is 0.508 e. The van der Waals surface area contributed by atoms with E-state index >= 15 is 0 Å². The number of phenolic OH excluding ortho intramolecular Hbond substituents is 1. The van der Waals surface area contributed by atoms with Crippen LogP contribution in [0.4, 0.5) is 0 Å². The van der Waals surface area contributed by atoms with Crippen molar-refractivity contribution in [3.8, 4) is 5.75 Å². The van der Waals surface area contributed by atoms with E-state index in [2.05, 4.69) is 28.9 Å². The minimum Gasteiger partial charge on any atom is -0.508 e. The number of aryl methyl sites for hydroxylation is 1. The summed E-state index contributed by atoms with van der Waals surface area (Å²) in [6.45, 7) is 2.09. The van der Waals surface area contributed by atoms with Crippen LogP contribution in [0, 0.1) is 0 Å². The van der Waals surface area contributed by atoms with Crippen molar-refractivity contribution < 1.29 is 5.11 Å². The topological polar surface area (TPSA) is 20.2 Å². The van der Waals surface area contributed by atoms with Gasteiger partial charge < -0.3 is 5.11 Å². The lowest BCUT2D eigenvalue weighted by atomic mass is 9.91. The lowest BCUT2D eigenvalue weighted by Crippen LogP contribution is -1.98. The van der Waals surface area contributed by atoms with Crippen LogP contribution < -0.4 is 0 Å². The van der Waals surface area contributed by atoms with Gasteiger partial charge in [-0.1, -0.05) is 58.7 Å². The van der Waals surface area contributed by atoms with Crippen molar-refractivity contribution in [2.24, 2.45) is 0 Å². The van der Waals surface area contributed by atoms with Crippen LogP contribution in [0.1, 0.15) is 29.5 Å². The molecule has 2 rings (SSSR count). The molecule has 0 heterocycles. The molecule has 1 N–H and O–H groups in total. The summed E-state index contributed by atoms with van der Waals surface area (Å²) in [6.07, 6.45) is 0.959. The van der Waals surface area contributed by atoms with Gasteiger partial charge in [-0.15, -0.1) is 0 Å². The first kappa shape index (κ1) is 14.4. The minimum absolute atomic E-state index is 0.146. The van der Waals surface area contributed by atoms with Crippen LogP contribution in [0.3, 0.4) is 0 Å². The molecule has 0 saturated carbocycles. The average Bonchev–Trinajstić information content (AvgIpc) is 2.41. The molecule has 3 heteroatoms. The monoisotopic (exact) mass is 338 g/mol. The first-order valence-corrected chi connectivity index (χ1v) is 7.75. The second-order valence-electron chi connectivity index (χ2n) is 4.61. The molecule has 0 aliphatic heterocycles. The number of benzene rings is 2. The fraction of sp³-hybridized carbons (Fsp3) is 0.250. The van der Waals surface area contributed by atoms with Crippen LogP contribution in [0.2, 0.25) is 5.02 Å². The number of rotatable bonds is 4. The van der Waals surface area contributed by atoms with Crippen LogP contribution >= 0.6 is 27.5 Å². The van der Waals surface area contributed by atoms with E-state index in [1.54, 1.807) is 6.07 Å². The van der Waals surface area contributed by atoms with Gasteiger partial charge in [0.05, 0.1) is 0 Å². The van der Waals surface area contributed by atoms with E-state index in [0.29, 0.717) is 5.75 Å². The van der Waals surface area contributed by atoms with E-state index in [1.165, 1.54) is 5.56 Å². The molecule has 0 amide bonds. The molecule has 19 heavy (non-hydrogen) atoms. The molecule has 1 unspecified atom stereocenters. The van der Waals surface area contributed by atoms with Crippen LogP contribution in [-0.2, 0) is 6.42 Å². The highest BCUT2D eigenvalue weighted by molar-refractivity contribution is 9.09. The summed E-state index contributed by atoms with van der Waals surface area (Å²) in [7, 11) is 0. The number of phenols is 1. The van der Waals surface area contributed by atoms with Gasteiger partial charge in [-0.3, -0.25) is 0 Å². The molecule has 0 spiro atoms. The fourth-order valence-electron chi connectivity index (χ4n) is 2.15. The zero-order valence-corrected chi connectivity index (χ0v) is 13.1. The molecule has 1 atom stereocenters. The highest BCUT2D eigenvalue weighted by atomic mass is 79.9. The summed E-state index contributed by atoms with van der Waals surface area (Å²) >= 11 is 9.35. The fourth-order valence-corrected chi connectivity index (χ4v) is 2.73. The summed E-state index contributed by atoms with van der Waals surface area (Å²) in [6, 6.07) is 13.6. The summed E-state index contributed by atoms with van der Waals surface area (Å²) in [5.74, 6) is 0.494. The number of alkyl halides is 1. The van der Waals surface area contributed by atoms with Gasteiger partial charge in [0.15, 0.2) is 0 Å². The molecule has 0 bridgehead atoms. The predicted octanol–water partition coefficient (Wildman–Crippen LogP) is 5.13. The van der Waals surface area contributed by atoms with Crippen LogP contribution in [0.5, 0.6) is 5.75 Å². The van der Waals surface area contributed by atoms with E-state index in [1.807, 2.05) is 30.3 Å². The maximum atomic E-state index is 10.1. The van der Waals surface area contributed by atoms with Crippen LogP contribution in [-0.4, -0.2) is 10.4 Å². The van der Waals surface area contributed by atoms with Gasteiger partial charge in [-0.05, 0) is 35.7 Å². The zero-order valence-electron chi connectivity index (χ0n) is 10.7. The Morgan fingerprint density at radius 3 is 2.47 bits per heavy atom. The quantitative estimate of drug-likeness (QED) is 0.765. The van der Waals surface area contributed by atoms with Crippen molar-refractivity contribution in [2.45, 2.75) is 19.3 Å². The van der Waals surface area contributed by atoms with Gasteiger partial charge in [0.1, 0.15) is 5.75 Å². The van der Waals surface area contributed by atoms with Crippen molar-refractivity contribution in [3.63, 3.8) is 0 Å². The lowest BCUT2D eigenvalue weighted by Gasteiger charge is -2.15. The van der Waals surface area contributed by atoms with Crippen LogP contribution in [0.25, 0.3) is 0 Å². The number of hydrogen-bond acceptors (Lipinski definition) is 1. The Hall–Kier alpha value is -0.990. The average molecular weight is 340 g/mol. The molecule has 2 aromatic carbocycles. The van der Waals surface area contributed by atoms with Crippen molar-refractivity contribution >= 4 is 27.5 Å². The van der Waals surface area contributed by atoms with Gasteiger partial charge in [0.2, 0.25) is 0 Å². The molecule has 1 nitrogen and oxygen atoms in total. The van der Waals surface area contributed by atoms with Gasteiger partial charge in [-0.2, -0.15) is 0 Å². The van der Waals surface area contributed by atoms with Crippen molar-refractivity contribution in [1.29, 1.82) is 0 Å². The molecule has 0 fully saturated rings. The Kier molecular flexibility index (Phi) is 4.89. The first-order valence-electron chi connectivity index (χ1n) is 6.25. The third kappa shape index (κ3) is 3.52. The normalized spacial score (nSPS) is 12.4. The first-order chi connectivity index (χ1) is 9.11. The molecular weight excluding hydrogens is 324 g/mol. The molecule has 0 aliphatic carbocycles. The third-order valence-electron chi connectivity index (χ3n) is 3.31. The number of hydrogen-bond donors (Lipinski definition) is 1. The van der Waals surface area contributed by atoms with Crippen molar-refractivity contribution in [2.75, 3.05) is 5.33 Å². The van der Waals surface area contributed by atoms with E-state index in [0.717, 1.165) is 27.9 Å². The molecule has 100 valence electrons. The maximum absolute atomic E-state index is 10.1. The Morgan fingerprint density at radius 1 is 1.16 bits per heavy atom. The number of aromatic hydroxyl groups is 1. The van der Waals surface area contributed by atoms with E-state index < -0.39 is 0 Å². The summed E-state index contributed by atoms with van der Waals surface area (Å²) in [5.41, 5.74) is 3.34. The van der Waals surface area contributed by atoms with E-state index in [9.17, 15) is 5.11 Å². The van der Waals surface area contributed by atoms with Gasteiger partial charge >= 0.3 is 0 Å². The van der Waals surface area contributed by atoms with E-state index in [-0.39, 0.29) is 5.92 Å². The highest BCUT2D eigenvalue weighted by Crippen LogP contribution is 2.32. The van der Waals surface area contributed by atoms with Crippen LogP contribution in [0.15, 0.2) is 42.5 Å². The van der Waals surface area contributed by atoms with Crippen molar-refractivity contribution in [3.05, 3.63) is 64.2 Å². The second-order valence-corrected chi connectivity index (χ2v) is 5.83. The molecular formula is C16H16BrClO. The maximum Gasteiger partial charge on any atom is 0.119 e. The summed E-state index contributed by atoms with van der Waals surface area (Å²) in [4.78, 5) is 0. The van der Waals surface area contributed by atoms with Gasteiger partial charge in [0.25, 0.3) is 0 Å². The molecule has 0 aromatic heterocycles. The Labute approximate surface area is 127 Å². The van der Waals surface area contributed by atoms with Gasteiger partial charge in [-0.25, -0.2) is 0 Å². The Balaban J connectivity index is 2.34. The third-order valence-corrected chi connectivity index (χ3v) is 3.96. The minimum atomic E-state index is 0.146. The SMILES string of the molecule is CC(c1ccc(Cl)cc1)c1cc(CCBr)ccc1O. The molecule has 0 aliphatic rings. The highest BCUT2D eigenvalue weighted by Gasteiger charge is 2.13. The molecule has 0 radical (unpaired) electrons. The van der Waals surface area contributed by atoms with E-state index in [4.69, 9.17) is 11.6 Å². The smallest absolute Gasteiger partial charge is 0.119 e. The number of halogens is 2. The Bertz CT molecular complexity index is 551. The standard InChI is InChI=1S/C16H16BrClO/c1-11(13-3-5-14(18)6-4-13)15-10-12(8-9-17)2-7-16(15)19/h2-7,10-11,19H,8-9H2,1H3. The molecule has 2 aromatic rings. The zero-order chi connectivity index (χ0) is 13.8. The predicted molar refractivity (Wildman–Crippen MR) is 84.6 cm³/mol. The second kappa shape index (κ2) is 6.44.